The van der Waals surface area contributed by atoms with E-state index in [1.807, 2.05) is 39.3 Å². The minimum absolute atomic E-state index is 1.60. The van der Waals surface area contributed by atoms with Gasteiger partial charge in [-0.15, -0.1) is 0 Å². The zero-order valence-corrected chi connectivity index (χ0v) is 15.0. The van der Waals surface area contributed by atoms with Gasteiger partial charge < -0.3 is 20.9 Å². The van der Waals surface area contributed by atoms with Crippen LogP contribution in [0.3, 0.4) is 0 Å². The molecular formula is C7H21O5Si4. The molecule has 5 nitrogen and oxygen atoms in total. The van der Waals surface area contributed by atoms with Gasteiger partial charge >= 0.3 is 35.2 Å². The van der Waals surface area contributed by atoms with Crippen molar-refractivity contribution in [3.8, 4) is 0 Å². The van der Waals surface area contributed by atoms with Crippen LogP contribution >= 0.6 is 0 Å². The first-order valence-corrected chi connectivity index (χ1v) is 14.9. The summed E-state index contributed by atoms with van der Waals surface area (Å²) in [5.74, 6) is 0. The third-order valence-corrected chi connectivity index (χ3v) is 15.3. The van der Waals surface area contributed by atoms with Gasteiger partial charge in [0.25, 0.3) is 0 Å². The summed E-state index contributed by atoms with van der Waals surface area (Å²) in [6.07, 6.45) is 0. The maximum absolute atomic E-state index is 6.07. The lowest BCUT2D eigenvalue weighted by atomic mass is 11.8. The van der Waals surface area contributed by atoms with E-state index in [-0.39, 0.29) is 0 Å². The van der Waals surface area contributed by atoms with Crippen molar-refractivity contribution in [1.29, 1.82) is 0 Å². The molecule has 1 aliphatic rings. The zero-order valence-electron chi connectivity index (χ0n) is 11.0. The van der Waals surface area contributed by atoms with E-state index in [0.717, 1.165) is 0 Å². The van der Waals surface area contributed by atoms with E-state index in [9.17, 15) is 0 Å². The van der Waals surface area contributed by atoms with Crippen LogP contribution in [-0.4, -0.2) is 42.3 Å². The van der Waals surface area contributed by atoms with Crippen molar-refractivity contribution < 1.29 is 20.9 Å². The molecule has 0 saturated carbocycles. The third-order valence-electron chi connectivity index (χ3n) is 1.81. The molecule has 1 rings (SSSR count). The van der Waals surface area contributed by atoms with Crippen LogP contribution in [0.25, 0.3) is 0 Å². The SMILES string of the molecule is CO[Si]1O[Si](C)(C)O[Si](C)(C)O[Si](C)(C)O1. The predicted octanol–water partition coefficient (Wildman–Crippen LogP) is 1.80. The van der Waals surface area contributed by atoms with Gasteiger partial charge in [0, 0.05) is 7.11 Å². The Balaban J connectivity index is 2.88. The summed E-state index contributed by atoms with van der Waals surface area (Å²) in [7, 11) is -6.66. The minimum atomic E-state index is -2.20. The normalized spacial score (nSPS) is 29.4. The zero-order chi connectivity index (χ0) is 12.6. The predicted molar refractivity (Wildman–Crippen MR) is 69.5 cm³/mol. The lowest BCUT2D eigenvalue weighted by Crippen LogP contribution is -2.61. The third kappa shape index (κ3) is 4.50. The van der Waals surface area contributed by atoms with Crippen LogP contribution in [0.2, 0.25) is 39.3 Å². The van der Waals surface area contributed by atoms with Crippen molar-refractivity contribution in [2.75, 3.05) is 7.11 Å². The highest BCUT2D eigenvalue weighted by Gasteiger charge is 2.48. The molecule has 0 bridgehead atoms. The Labute approximate surface area is 103 Å². The molecule has 0 atom stereocenters. The Bertz CT molecular complexity index is 235. The molecule has 1 fully saturated rings. The Hall–Kier alpha value is 0.668. The van der Waals surface area contributed by atoms with Gasteiger partial charge in [0.15, 0.2) is 0 Å². The molecule has 0 N–H and O–H groups in total. The molecular weight excluding hydrogens is 276 g/mol. The largest absolute Gasteiger partial charge is 0.558 e. The van der Waals surface area contributed by atoms with Crippen molar-refractivity contribution in [3.63, 3.8) is 0 Å². The van der Waals surface area contributed by atoms with Gasteiger partial charge in [-0.2, -0.15) is 0 Å². The highest BCUT2D eigenvalue weighted by atomic mass is 28.5. The van der Waals surface area contributed by atoms with Crippen LogP contribution in [0.4, 0.5) is 0 Å². The lowest BCUT2D eigenvalue weighted by Gasteiger charge is -2.42. The van der Waals surface area contributed by atoms with Crippen LogP contribution < -0.4 is 0 Å². The second-order valence-corrected chi connectivity index (χ2v) is 17.6. The standard InChI is InChI=1S/C7H21O5Si4/c1-8-13-9-14(2,3)11-16(6,7)12-15(4,5)10-13/h1-7H3. The molecule has 1 heterocycles. The number of hydrogen-bond acceptors (Lipinski definition) is 5. The molecule has 0 aliphatic carbocycles. The second kappa shape index (κ2) is 4.74. The smallest absolute Gasteiger partial charge is 0.416 e. The quantitative estimate of drug-likeness (QED) is 0.691. The summed E-state index contributed by atoms with van der Waals surface area (Å²) in [6.45, 7) is 12.1. The lowest BCUT2D eigenvalue weighted by molar-refractivity contribution is 0.178. The van der Waals surface area contributed by atoms with Crippen molar-refractivity contribution >= 4 is 35.2 Å². The topological polar surface area (TPSA) is 46.2 Å². The molecule has 1 aliphatic heterocycles. The maximum Gasteiger partial charge on any atom is 0.558 e. The van der Waals surface area contributed by atoms with E-state index in [0.29, 0.717) is 0 Å². The summed E-state index contributed by atoms with van der Waals surface area (Å²) in [4.78, 5) is 0. The molecule has 0 amide bonds. The van der Waals surface area contributed by atoms with Gasteiger partial charge in [0.1, 0.15) is 0 Å². The Morgan fingerprint density at radius 2 is 1.12 bits per heavy atom. The maximum atomic E-state index is 6.07. The van der Waals surface area contributed by atoms with Crippen molar-refractivity contribution in [2.24, 2.45) is 0 Å². The molecule has 0 aromatic carbocycles. The van der Waals surface area contributed by atoms with Crippen LogP contribution in [0.5, 0.6) is 0 Å². The molecule has 0 spiro atoms. The van der Waals surface area contributed by atoms with Gasteiger partial charge in [0.05, 0.1) is 0 Å². The first-order valence-electron chi connectivity index (χ1n) is 5.25. The van der Waals surface area contributed by atoms with Gasteiger partial charge in [-0.05, 0) is 39.3 Å². The Morgan fingerprint density at radius 3 is 1.44 bits per heavy atom. The van der Waals surface area contributed by atoms with E-state index < -0.39 is 35.2 Å². The Morgan fingerprint density at radius 1 is 0.750 bits per heavy atom. The number of rotatable bonds is 1. The summed E-state index contributed by atoms with van der Waals surface area (Å²) < 4.78 is 29.1. The molecule has 9 heteroatoms. The van der Waals surface area contributed by atoms with E-state index in [2.05, 4.69) is 0 Å². The van der Waals surface area contributed by atoms with Crippen LogP contribution in [0.15, 0.2) is 0 Å². The monoisotopic (exact) mass is 297 g/mol. The second-order valence-electron chi connectivity index (χ2n) is 5.06. The molecule has 1 saturated heterocycles. The van der Waals surface area contributed by atoms with Crippen molar-refractivity contribution in [2.45, 2.75) is 39.3 Å². The summed E-state index contributed by atoms with van der Waals surface area (Å²) in [6, 6.07) is 0. The summed E-state index contributed by atoms with van der Waals surface area (Å²) >= 11 is 0. The fourth-order valence-corrected chi connectivity index (χ4v) is 17.3. The fraction of sp³-hybridized carbons (Fsp3) is 1.00. The molecule has 1 radical (unpaired) electrons. The highest BCUT2D eigenvalue weighted by Crippen LogP contribution is 2.26. The summed E-state index contributed by atoms with van der Waals surface area (Å²) in [5, 5.41) is 0. The molecule has 95 valence electrons. The van der Waals surface area contributed by atoms with Crippen LogP contribution in [0, 0.1) is 0 Å². The van der Waals surface area contributed by atoms with Gasteiger partial charge in [-0.25, -0.2) is 0 Å². The molecule has 0 aromatic heterocycles. The van der Waals surface area contributed by atoms with Gasteiger partial charge in [-0.3, -0.25) is 0 Å². The first-order chi connectivity index (χ1) is 7.05. The van der Waals surface area contributed by atoms with Gasteiger partial charge in [0.2, 0.25) is 0 Å². The van der Waals surface area contributed by atoms with Crippen LogP contribution in [-0.2, 0) is 20.9 Å². The average Bonchev–Trinajstić information content (AvgIpc) is 1.94. The highest BCUT2D eigenvalue weighted by molar-refractivity contribution is 6.88. The number of hydrogen-bond donors (Lipinski definition) is 0. The minimum Gasteiger partial charge on any atom is -0.416 e. The van der Waals surface area contributed by atoms with Crippen LogP contribution in [0.1, 0.15) is 0 Å². The Kier molecular flexibility index (Phi) is 4.36. The molecule has 0 unspecified atom stereocenters. The van der Waals surface area contributed by atoms with E-state index >= 15 is 0 Å². The van der Waals surface area contributed by atoms with Crippen molar-refractivity contribution in [1.82, 2.24) is 0 Å². The molecule has 0 aromatic rings. The fourth-order valence-electron chi connectivity index (χ4n) is 1.75. The van der Waals surface area contributed by atoms with Crippen molar-refractivity contribution in [3.05, 3.63) is 0 Å². The van der Waals surface area contributed by atoms with E-state index in [1.54, 1.807) is 7.11 Å². The van der Waals surface area contributed by atoms with E-state index in [1.165, 1.54) is 0 Å². The van der Waals surface area contributed by atoms with Gasteiger partial charge in [-0.1, -0.05) is 0 Å². The molecule has 16 heavy (non-hydrogen) atoms. The summed E-state index contributed by atoms with van der Waals surface area (Å²) in [5.41, 5.74) is 0. The first kappa shape index (κ1) is 14.7. The average molecular weight is 298 g/mol. The van der Waals surface area contributed by atoms with E-state index in [4.69, 9.17) is 20.9 Å².